The van der Waals surface area contributed by atoms with Crippen LogP contribution in [0.1, 0.15) is 46.6 Å². The number of nitrogens with one attached hydrogen (secondary N) is 1. The molecule has 1 aliphatic carbocycles. The Hall–Kier alpha value is -4.88. The second-order valence-corrected chi connectivity index (χ2v) is 13.6. The smallest absolute Gasteiger partial charge is 0.346 e. The monoisotopic (exact) mass is 687 g/mol. The van der Waals surface area contributed by atoms with Gasteiger partial charge in [-0.25, -0.2) is 18.9 Å². The fraction of sp³-hybridized carbons (Fsp3) is 0.371. The first-order valence-corrected chi connectivity index (χ1v) is 16.3. The van der Waals surface area contributed by atoms with Crippen LogP contribution >= 0.6 is 11.6 Å². The molecule has 4 heterocycles. The van der Waals surface area contributed by atoms with Gasteiger partial charge in [0.15, 0.2) is 0 Å². The van der Waals surface area contributed by atoms with Gasteiger partial charge in [-0.15, -0.1) is 0 Å². The van der Waals surface area contributed by atoms with Crippen LogP contribution in [0, 0.1) is 18.2 Å². The number of ether oxygens (including phenoxy) is 1. The van der Waals surface area contributed by atoms with Crippen molar-refractivity contribution >= 4 is 29.1 Å². The molecule has 3 aliphatic rings. The number of aryl methyl sites for hydroxylation is 2. The number of hydrogen-bond donors (Lipinski definition) is 1. The number of halogens is 2. The van der Waals surface area contributed by atoms with Crippen LogP contribution in [0.2, 0.25) is 5.02 Å². The summed E-state index contributed by atoms with van der Waals surface area (Å²) in [6.45, 7) is 6.78. The number of amides is 2. The van der Waals surface area contributed by atoms with Gasteiger partial charge in [0, 0.05) is 81.0 Å². The highest BCUT2D eigenvalue weighted by Gasteiger charge is 2.55. The number of likely N-dealkylation sites (tertiary alicyclic amines) is 2. The number of benzene rings is 2. The lowest BCUT2D eigenvalue weighted by molar-refractivity contribution is -0.161. The van der Waals surface area contributed by atoms with Gasteiger partial charge >= 0.3 is 5.69 Å². The van der Waals surface area contributed by atoms with Crippen LogP contribution in [-0.2, 0) is 25.3 Å². The number of pyridine rings is 1. The fourth-order valence-electron chi connectivity index (χ4n) is 7.52. The number of rotatable bonds is 6. The topological polar surface area (TPSA) is 132 Å². The van der Waals surface area contributed by atoms with E-state index < -0.39 is 28.7 Å². The molecule has 1 spiro atoms. The van der Waals surface area contributed by atoms with E-state index >= 15 is 4.39 Å². The van der Waals surface area contributed by atoms with Crippen molar-refractivity contribution in [3.8, 4) is 28.3 Å². The minimum atomic E-state index is -0.840. The van der Waals surface area contributed by atoms with Crippen molar-refractivity contribution in [2.24, 2.45) is 19.5 Å². The van der Waals surface area contributed by atoms with Gasteiger partial charge < -0.3 is 15.0 Å². The number of anilines is 1. The van der Waals surface area contributed by atoms with Gasteiger partial charge in [-0.2, -0.15) is 5.10 Å². The molecule has 2 saturated heterocycles. The highest BCUT2D eigenvalue weighted by Crippen LogP contribution is 2.50. The molecular weight excluding hydrogens is 653 g/mol. The maximum Gasteiger partial charge on any atom is 0.346 e. The van der Waals surface area contributed by atoms with Gasteiger partial charge in [-0.05, 0) is 60.7 Å². The average Bonchev–Trinajstić information content (AvgIpc) is 3.45. The van der Waals surface area contributed by atoms with E-state index in [1.807, 2.05) is 11.0 Å². The number of carbonyl (C=O) groups is 2. The van der Waals surface area contributed by atoms with Crippen LogP contribution in [0.25, 0.3) is 22.4 Å². The van der Waals surface area contributed by atoms with E-state index in [0.717, 1.165) is 59.4 Å². The zero-order chi connectivity index (χ0) is 34.9. The Morgan fingerprint density at radius 1 is 1.08 bits per heavy atom. The zero-order valence-electron chi connectivity index (χ0n) is 27.8. The van der Waals surface area contributed by atoms with E-state index in [1.165, 1.54) is 20.2 Å². The van der Waals surface area contributed by atoms with Gasteiger partial charge in [0.05, 0.1) is 17.8 Å². The molecule has 7 rings (SSSR count). The molecule has 4 aromatic rings. The summed E-state index contributed by atoms with van der Waals surface area (Å²) in [5.41, 5.74) is 2.84. The molecular formula is C35H35ClFN7O5. The molecule has 2 fully saturated rings. The highest BCUT2D eigenvalue weighted by molar-refractivity contribution is 6.36. The Labute approximate surface area is 286 Å². The number of aromatic nitrogens is 4. The second-order valence-electron chi connectivity index (χ2n) is 13.3. The maximum atomic E-state index is 15.6. The van der Waals surface area contributed by atoms with Crippen LogP contribution in [-0.4, -0.2) is 74.2 Å². The first-order chi connectivity index (χ1) is 23.3. The Morgan fingerprint density at radius 3 is 2.51 bits per heavy atom. The minimum absolute atomic E-state index is 0.120. The van der Waals surface area contributed by atoms with E-state index in [9.17, 15) is 19.2 Å². The summed E-state index contributed by atoms with van der Waals surface area (Å²) in [6.07, 6.45) is 1.75. The van der Waals surface area contributed by atoms with E-state index in [4.69, 9.17) is 21.3 Å². The molecule has 0 radical (unpaired) electrons. The summed E-state index contributed by atoms with van der Waals surface area (Å²) in [6, 6.07) is 10.1. The first kappa shape index (κ1) is 32.7. The predicted octanol–water partition coefficient (Wildman–Crippen LogP) is 3.72. The normalized spacial score (nSPS) is 17.8. The third kappa shape index (κ3) is 5.32. The van der Waals surface area contributed by atoms with Gasteiger partial charge in [0.1, 0.15) is 5.82 Å². The summed E-state index contributed by atoms with van der Waals surface area (Å²) in [5, 5.41) is 6.66. The Bertz CT molecular complexity index is 2180. The molecule has 0 saturated carbocycles. The average molecular weight is 688 g/mol. The van der Waals surface area contributed by atoms with Crippen molar-refractivity contribution in [3.05, 3.63) is 90.5 Å². The van der Waals surface area contributed by atoms with Crippen LogP contribution in [0.4, 0.5) is 10.1 Å². The standard InChI is InChI=1S/C35H35ClFN7O5/c1-18-21(7-6-8-24(18)38-31(46)30-33(47)41(3)34(48)42(4)40-30)28-23(37)11-10-22(29(28)36)25-13-20-9-12-26(27(20)32(39-25)49-5)44-16-35(17-44)14-43(15-35)19(2)45/h6-8,10-11,13,26H,9,12,14-17H2,1-5H3,(H,38,46). The summed E-state index contributed by atoms with van der Waals surface area (Å²) >= 11 is 6.99. The van der Waals surface area contributed by atoms with Crippen LogP contribution < -0.4 is 21.3 Å². The number of hydrogen-bond acceptors (Lipinski definition) is 8. The molecule has 1 atom stereocenters. The van der Waals surface area contributed by atoms with Crippen molar-refractivity contribution in [2.75, 3.05) is 38.6 Å². The summed E-state index contributed by atoms with van der Waals surface area (Å²) in [5.74, 6) is -0.748. The molecule has 12 nitrogen and oxygen atoms in total. The van der Waals surface area contributed by atoms with Gasteiger partial charge in [0.2, 0.25) is 17.5 Å². The number of carbonyl (C=O) groups excluding carboxylic acids is 2. The lowest BCUT2D eigenvalue weighted by atomic mass is 9.72. The van der Waals surface area contributed by atoms with Gasteiger partial charge in [-0.1, -0.05) is 23.7 Å². The van der Waals surface area contributed by atoms with E-state index in [-0.39, 0.29) is 28.0 Å². The highest BCUT2D eigenvalue weighted by atomic mass is 35.5. The van der Waals surface area contributed by atoms with E-state index in [1.54, 1.807) is 45.2 Å². The Kier molecular flexibility index (Phi) is 7.94. The Balaban J connectivity index is 1.19. The van der Waals surface area contributed by atoms with Crippen LogP contribution in [0.5, 0.6) is 5.88 Å². The second kappa shape index (κ2) is 11.9. The lowest BCUT2D eigenvalue weighted by Gasteiger charge is -2.61. The van der Waals surface area contributed by atoms with Crippen molar-refractivity contribution in [1.29, 1.82) is 0 Å². The fourth-order valence-corrected chi connectivity index (χ4v) is 7.88. The van der Waals surface area contributed by atoms with Crippen molar-refractivity contribution in [1.82, 2.24) is 29.1 Å². The number of fused-ring (bicyclic) bond motifs is 1. The van der Waals surface area contributed by atoms with Crippen LogP contribution in [0.3, 0.4) is 0 Å². The molecule has 2 aliphatic heterocycles. The molecule has 49 heavy (non-hydrogen) atoms. The summed E-state index contributed by atoms with van der Waals surface area (Å²) in [4.78, 5) is 58.7. The van der Waals surface area contributed by atoms with E-state index in [0.29, 0.717) is 34.0 Å². The summed E-state index contributed by atoms with van der Waals surface area (Å²) < 4.78 is 23.2. The molecule has 1 unspecified atom stereocenters. The molecule has 2 aromatic heterocycles. The van der Waals surface area contributed by atoms with Crippen LogP contribution in [0.15, 0.2) is 46.0 Å². The summed E-state index contributed by atoms with van der Waals surface area (Å²) in [7, 11) is 4.20. The van der Waals surface area contributed by atoms with Gasteiger partial charge in [0.25, 0.3) is 11.5 Å². The third-order valence-electron chi connectivity index (χ3n) is 10.1. The minimum Gasteiger partial charge on any atom is -0.481 e. The molecule has 2 amide bonds. The zero-order valence-corrected chi connectivity index (χ0v) is 28.5. The maximum absolute atomic E-state index is 15.6. The predicted molar refractivity (Wildman–Crippen MR) is 181 cm³/mol. The third-order valence-corrected chi connectivity index (χ3v) is 10.5. The largest absolute Gasteiger partial charge is 0.481 e. The Morgan fingerprint density at radius 2 is 1.82 bits per heavy atom. The quantitative estimate of drug-likeness (QED) is 0.325. The van der Waals surface area contributed by atoms with Crippen molar-refractivity contribution < 1.29 is 18.7 Å². The molecule has 14 heteroatoms. The lowest BCUT2D eigenvalue weighted by Crippen LogP contribution is -2.72. The van der Waals surface area contributed by atoms with Crippen molar-refractivity contribution in [3.63, 3.8) is 0 Å². The number of methoxy groups -OCH3 is 1. The SMILES string of the molecule is COc1nc(-c2ccc(F)c(-c3cccc(NC(=O)c4nn(C)c(=O)n(C)c4=O)c3C)c2Cl)cc2c1C(N1CC3(CN(C(C)=O)C3)C1)CC2. The molecule has 2 aromatic carbocycles. The first-order valence-electron chi connectivity index (χ1n) is 15.9. The molecule has 254 valence electrons. The van der Waals surface area contributed by atoms with E-state index in [2.05, 4.69) is 15.3 Å². The molecule has 1 N–H and O–H groups in total. The molecule has 0 bridgehead atoms. The number of nitrogens with zero attached hydrogens (tertiary/aromatic N) is 6. The van der Waals surface area contributed by atoms with Crippen molar-refractivity contribution in [2.45, 2.75) is 32.7 Å². The van der Waals surface area contributed by atoms with Gasteiger partial charge in [-0.3, -0.25) is 23.9 Å².